The Morgan fingerprint density at radius 2 is 2.38 bits per heavy atom. The highest BCUT2D eigenvalue weighted by Gasteiger charge is 2.03. The van der Waals surface area contributed by atoms with Gasteiger partial charge in [-0.25, -0.2) is 4.98 Å². The molecule has 0 atom stereocenters. The van der Waals surface area contributed by atoms with Crippen molar-refractivity contribution in [1.29, 1.82) is 0 Å². The summed E-state index contributed by atoms with van der Waals surface area (Å²) >= 11 is 10.8. The van der Waals surface area contributed by atoms with E-state index in [9.17, 15) is 0 Å². The minimum absolute atomic E-state index is 0.480. The predicted octanol–water partition coefficient (Wildman–Crippen LogP) is 1.28. The minimum Gasteiger partial charge on any atom is -0.261 e. The van der Waals surface area contributed by atoms with Crippen LogP contribution in [0.4, 0.5) is 0 Å². The molecule has 0 saturated heterocycles. The highest BCUT2D eigenvalue weighted by Crippen LogP contribution is 2.18. The zero-order valence-electron chi connectivity index (χ0n) is 3.81. The van der Waals surface area contributed by atoms with Gasteiger partial charge < -0.3 is 0 Å². The second-order valence-electron chi connectivity index (χ2n) is 1.17. The summed E-state index contributed by atoms with van der Waals surface area (Å²) in [6.07, 6.45) is 1.35. The van der Waals surface area contributed by atoms with Crippen LogP contribution in [0, 0.1) is 0 Å². The summed E-state index contributed by atoms with van der Waals surface area (Å²) in [5.41, 5.74) is 0. The van der Waals surface area contributed by atoms with Crippen molar-refractivity contribution in [2.75, 3.05) is 0 Å². The number of nitrogens with one attached hydrogen (secondary N) is 1. The summed E-state index contributed by atoms with van der Waals surface area (Å²) < 4.78 is 0. The van der Waals surface area contributed by atoms with E-state index in [1.807, 2.05) is 0 Å². The van der Waals surface area contributed by atoms with Crippen molar-refractivity contribution < 1.29 is 0 Å². The summed E-state index contributed by atoms with van der Waals surface area (Å²) in [6, 6.07) is 0. The molecule has 1 rings (SSSR count). The molecule has 0 spiro atoms. The number of rotatable bonds is 1. The van der Waals surface area contributed by atoms with Gasteiger partial charge in [0, 0.05) is 0 Å². The third-order valence-corrected chi connectivity index (χ3v) is 1.05. The Kier molecular flexibility index (Phi) is 1.70. The highest BCUT2D eigenvalue weighted by molar-refractivity contribution is 6.43. The van der Waals surface area contributed by atoms with Crippen LogP contribution in [-0.4, -0.2) is 15.2 Å². The maximum Gasteiger partial charge on any atom is 0.166 e. The van der Waals surface area contributed by atoms with E-state index in [2.05, 4.69) is 15.2 Å². The molecule has 5 heteroatoms. The number of H-pyrrole nitrogens is 1. The fourth-order valence-corrected chi connectivity index (χ4v) is 0.530. The molecule has 0 aromatic carbocycles. The molecule has 1 heterocycles. The average molecular weight is 152 g/mol. The predicted molar refractivity (Wildman–Crippen MR) is 30.8 cm³/mol. The van der Waals surface area contributed by atoms with Crippen LogP contribution < -0.4 is 0 Å². The van der Waals surface area contributed by atoms with Crippen LogP contribution in [-0.2, 0) is 0 Å². The Balaban J connectivity index is 2.77. The van der Waals surface area contributed by atoms with Crippen molar-refractivity contribution in [2.24, 2.45) is 0 Å². The summed E-state index contributed by atoms with van der Waals surface area (Å²) in [7, 11) is 0. The van der Waals surface area contributed by atoms with Gasteiger partial charge in [0.25, 0.3) is 0 Å². The zero-order chi connectivity index (χ0) is 5.98. The Labute approximate surface area is 56.0 Å². The third-order valence-electron chi connectivity index (χ3n) is 0.640. The van der Waals surface area contributed by atoms with Crippen LogP contribution in [0.25, 0.3) is 0 Å². The lowest BCUT2D eigenvalue weighted by molar-refractivity contribution is 1.01. The molecule has 1 N–H and O–H groups in total. The van der Waals surface area contributed by atoms with Crippen molar-refractivity contribution in [2.45, 2.75) is 4.84 Å². The van der Waals surface area contributed by atoms with E-state index in [-0.39, 0.29) is 0 Å². The van der Waals surface area contributed by atoms with Crippen LogP contribution >= 0.6 is 23.2 Å². The van der Waals surface area contributed by atoms with Gasteiger partial charge in [0.2, 0.25) is 0 Å². The molecule has 3 nitrogen and oxygen atoms in total. The van der Waals surface area contributed by atoms with Gasteiger partial charge in [-0.3, -0.25) is 5.10 Å². The number of nitrogens with zero attached hydrogens (tertiary/aromatic N) is 2. The summed E-state index contributed by atoms with van der Waals surface area (Å²) in [5.74, 6) is 0.480. The first-order chi connectivity index (χ1) is 3.80. The van der Waals surface area contributed by atoms with Gasteiger partial charge in [-0.05, 0) is 0 Å². The van der Waals surface area contributed by atoms with Gasteiger partial charge >= 0.3 is 0 Å². The minimum atomic E-state index is -0.600. The lowest BCUT2D eigenvalue weighted by Gasteiger charge is -1.88. The SMILES string of the molecule is ClC(Cl)c1ncn[nH]1. The Morgan fingerprint density at radius 3 is 2.62 bits per heavy atom. The first kappa shape index (κ1) is 5.85. The normalized spacial score (nSPS) is 10.4. The standard InChI is InChI=1S/C3H3Cl2N3/c4-2(5)3-6-1-7-8-3/h1-2H,(H,6,7,8). The molecular formula is C3H3Cl2N3. The molecule has 44 valence electrons. The second kappa shape index (κ2) is 2.33. The van der Waals surface area contributed by atoms with Crippen LogP contribution in [0.15, 0.2) is 6.33 Å². The van der Waals surface area contributed by atoms with Crippen molar-refractivity contribution in [3.63, 3.8) is 0 Å². The fourth-order valence-electron chi connectivity index (χ4n) is 0.320. The van der Waals surface area contributed by atoms with Crippen LogP contribution in [0.2, 0.25) is 0 Å². The highest BCUT2D eigenvalue weighted by atomic mass is 35.5. The number of aromatic amines is 1. The molecular weight excluding hydrogens is 149 g/mol. The molecule has 8 heavy (non-hydrogen) atoms. The summed E-state index contributed by atoms with van der Waals surface area (Å²) in [5, 5.41) is 6.05. The van der Waals surface area contributed by atoms with Crippen LogP contribution in [0.3, 0.4) is 0 Å². The molecule has 0 amide bonds. The van der Waals surface area contributed by atoms with Crippen molar-refractivity contribution in [3.05, 3.63) is 12.2 Å². The van der Waals surface area contributed by atoms with E-state index in [0.29, 0.717) is 5.82 Å². The van der Waals surface area contributed by atoms with Gasteiger partial charge in [-0.15, -0.1) is 0 Å². The molecule has 0 aliphatic carbocycles. The molecule has 0 radical (unpaired) electrons. The van der Waals surface area contributed by atoms with Crippen molar-refractivity contribution in [3.8, 4) is 0 Å². The number of hydrogen-bond donors (Lipinski definition) is 1. The Morgan fingerprint density at radius 1 is 1.62 bits per heavy atom. The van der Waals surface area contributed by atoms with Crippen LogP contribution in [0.5, 0.6) is 0 Å². The smallest absolute Gasteiger partial charge is 0.166 e. The average Bonchev–Trinajstić information content (AvgIpc) is 2.12. The van der Waals surface area contributed by atoms with E-state index in [1.165, 1.54) is 6.33 Å². The zero-order valence-corrected chi connectivity index (χ0v) is 5.32. The first-order valence-corrected chi connectivity index (χ1v) is 2.81. The fraction of sp³-hybridized carbons (Fsp3) is 0.333. The number of halogens is 2. The number of hydrogen-bond acceptors (Lipinski definition) is 2. The number of alkyl halides is 2. The Bertz CT molecular complexity index is 148. The van der Waals surface area contributed by atoms with E-state index in [1.54, 1.807) is 0 Å². The topological polar surface area (TPSA) is 41.6 Å². The second-order valence-corrected chi connectivity index (χ2v) is 2.27. The largest absolute Gasteiger partial charge is 0.261 e. The van der Waals surface area contributed by atoms with Gasteiger partial charge in [-0.2, -0.15) is 5.10 Å². The lowest BCUT2D eigenvalue weighted by Crippen LogP contribution is -1.82. The summed E-state index contributed by atoms with van der Waals surface area (Å²) in [4.78, 5) is 3.09. The lowest BCUT2D eigenvalue weighted by atomic mass is 10.7. The van der Waals surface area contributed by atoms with Gasteiger partial charge in [-0.1, -0.05) is 23.2 Å². The molecule has 0 aliphatic rings. The third kappa shape index (κ3) is 1.11. The molecule has 1 aromatic heterocycles. The maximum atomic E-state index is 5.38. The van der Waals surface area contributed by atoms with E-state index in [0.717, 1.165) is 0 Å². The van der Waals surface area contributed by atoms with Gasteiger partial charge in [0.15, 0.2) is 10.7 Å². The molecule has 0 aliphatic heterocycles. The van der Waals surface area contributed by atoms with Crippen molar-refractivity contribution in [1.82, 2.24) is 15.2 Å². The molecule has 0 fully saturated rings. The molecule has 1 aromatic rings. The van der Waals surface area contributed by atoms with E-state index in [4.69, 9.17) is 23.2 Å². The Hall–Kier alpha value is -0.280. The van der Waals surface area contributed by atoms with Crippen molar-refractivity contribution >= 4 is 23.2 Å². The van der Waals surface area contributed by atoms with E-state index < -0.39 is 4.84 Å². The quantitative estimate of drug-likeness (QED) is 0.615. The van der Waals surface area contributed by atoms with E-state index >= 15 is 0 Å². The molecule has 0 bridgehead atoms. The van der Waals surface area contributed by atoms with Gasteiger partial charge in [0.05, 0.1) is 0 Å². The monoisotopic (exact) mass is 151 g/mol. The first-order valence-electron chi connectivity index (χ1n) is 1.94. The maximum absolute atomic E-state index is 5.38. The number of aromatic nitrogens is 3. The van der Waals surface area contributed by atoms with Gasteiger partial charge in [0.1, 0.15) is 6.33 Å². The summed E-state index contributed by atoms with van der Waals surface area (Å²) in [6.45, 7) is 0. The van der Waals surface area contributed by atoms with Crippen LogP contribution in [0.1, 0.15) is 10.7 Å². The molecule has 0 saturated carbocycles. The molecule has 0 unspecified atom stereocenters.